The molecule has 1 aromatic heterocycles. The molecule has 26 heavy (non-hydrogen) atoms. The lowest BCUT2D eigenvalue weighted by Crippen LogP contribution is -2.20. The van der Waals surface area contributed by atoms with Crippen molar-refractivity contribution >= 4 is 28.5 Å². The van der Waals surface area contributed by atoms with Gasteiger partial charge in [-0.3, -0.25) is 14.9 Å². The zero-order chi connectivity index (χ0) is 18.4. The average Bonchev–Trinajstić information content (AvgIpc) is 3.15. The third-order valence-electron chi connectivity index (χ3n) is 3.55. The highest BCUT2D eigenvalue weighted by atomic mass is 32.1. The highest BCUT2D eigenvalue weighted by Gasteiger charge is 2.11. The molecule has 0 saturated carbocycles. The number of hydrogen-bond acceptors (Lipinski definition) is 5. The van der Waals surface area contributed by atoms with Crippen molar-refractivity contribution in [2.75, 3.05) is 5.32 Å². The predicted molar refractivity (Wildman–Crippen MR) is 102 cm³/mol. The van der Waals surface area contributed by atoms with Gasteiger partial charge in [0, 0.05) is 29.2 Å². The summed E-state index contributed by atoms with van der Waals surface area (Å²) in [5, 5.41) is 5.87. The maximum Gasteiger partial charge on any atom is 0.257 e. The molecule has 0 bridgehead atoms. The first-order valence-electron chi connectivity index (χ1n) is 7.85. The Morgan fingerprint density at radius 3 is 2.50 bits per heavy atom. The largest absolute Gasteiger partial charge is 0.348 e. The van der Waals surface area contributed by atoms with Crippen LogP contribution >= 0.6 is 11.5 Å². The number of anilines is 1. The van der Waals surface area contributed by atoms with Gasteiger partial charge in [0.15, 0.2) is 5.82 Å². The summed E-state index contributed by atoms with van der Waals surface area (Å²) < 4.78 is 4.26. The van der Waals surface area contributed by atoms with Crippen LogP contribution < -0.4 is 10.6 Å². The van der Waals surface area contributed by atoms with Gasteiger partial charge in [0.2, 0.25) is 11.0 Å². The van der Waals surface area contributed by atoms with E-state index in [1.807, 2.05) is 30.3 Å². The van der Waals surface area contributed by atoms with Crippen molar-refractivity contribution in [3.8, 4) is 11.4 Å². The van der Waals surface area contributed by atoms with Gasteiger partial charge in [-0.2, -0.15) is 9.36 Å². The average molecular weight is 364 g/mol. The normalized spacial score (nSPS) is 10.2. The third kappa shape index (κ3) is 4.40. The molecule has 0 aliphatic carbocycles. The fourth-order valence-corrected chi connectivity index (χ4v) is 2.77. The molecular weight excluding hydrogens is 348 g/mol. The van der Waals surface area contributed by atoms with Crippen molar-refractivity contribution in [2.24, 2.45) is 0 Å². The standard InChI is InChI=1S/C19H16N4O2S/c1-2-16(24)20-12-13-8-10-15(11-9-13)18(25)22-19-21-17(23-26-19)14-6-4-3-5-7-14/h2-11H,1,12H2,(H,20,24)(H,21,22,23,25). The van der Waals surface area contributed by atoms with Crippen molar-refractivity contribution in [1.29, 1.82) is 0 Å². The van der Waals surface area contributed by atoms with Crippen LogP contribution in [0.5, 0.6) is 0 Å². The number of nitrogens with one attached hydrogen (secondary N) is 2. The molecule has 2 amide bonds. The van der Waals surface area contributed by atoms with Gasteiger partial charge in [-0.05, 0) is 23.8 Å². The van der Waals surface area contributed by atoms with E-state index in [-0.39, 0.29) is 11.8 Å². The molecule has 0 spiro atoms. The van der Waals surface area contributed by atoms with Gasteiger partial charge in [-0.25, -0.2) is 0 Å². The number of nitrogens with zero attached hydrogens (tertiary/aromatic N) is 2. The van der Waals surface area contributed by atoms with Gasteiger partial charge >= 0.3 is 0 Å². The smallest absolute Gasteiger partial charge is 0.257 e. The van der Waals surface area contributed by atoms with Crippen molar-refractivity contribution in [3.05, 3.63) is 78.4 Å². The number of hydrogen-bond donors (Lipinski definition) is 2. The molecule has 2 aromatic carbocycles. The first-order chi connectivity index (χ1) is 12.7. The van der Waals surface area contributed by atoms with E-state index in [2.05, 4.69) is 26.6 Å². The summed E-state index contributed by atoms with van der Waals surface area (Å²) in [6.45, 7) is 3.77. The molecule has 0 radical (unpaired) electrons. The molecule has 0 unspecified atom stereocenters. The maximum absolute atomic E-state index is 12.3. The molecule has 2 N–H and O–H groups in total. The van der Waals surface area contributed by atoms with Gasteiger partial charge in [-0.15, -0.1) is 0 Å². The van der Waals surface area contributed by atoms with E-state index in [0.29, 0.717) is 23.1 Å². The summed E-state index contributed by atoms with van der Waals surface area (Å²) in [5.41, 5.74) is 2.29. The van der Waals surface area contributed by atoms with Crippen LogP contribution in [-0.2, 0) is 11.3 Å². The number of aromatic nitrogens is 2. The van der Waals surface area contributed by atoms with E-state index >= 15 is 0 Å². The fourth-order valence-electron chi connectivity index (χ4n) is 2.18. The van der Waals surface area contributed by atoms with Gasteiger partial charge in [0.1, 0.15) is 0 Å². The Balaban J connectivity index is 1.62. The summed E-state index contributed by atoms with van der Waals surface area (Å²) >= 11 is 1.13. The molecule has 1 heterocycles. The van der Waals surface area contributed by atoms with E-state index in [9.17, 15) is 9.59 Å². The van der Waals surface area contributed by atoms with Crippen molar-refractivity contribution in [1.82, 2.24) is 14.7 Å². The minimum atomic E-state index is -0.262. The zero-order valence-corrected chi connectivity index (χ0v) is 14.6. The van der Waals surface area contributed by atoms with Crippen LogP contribution in [-0.4, -0.2) is 21.2 Å². The summed E-state index contributed by atoms with van der Waals surface area (Å²) in [4.78, 5) is 27.8. The van der Waals surface area contributed by atoms with Gasteiger partial charge in [0.25, 0.3) is 5.91 Å². The second kappa shape index (κ2) is 8.17. The molecule has 0 atom stereocenters. The van der Waals surface area contributed by atoms with Crippen LogP contribution in [0.3, 0.4) is 0 Å². The lowest BCUT2D eigenvalue weighted by Gasteiger charge is -2.05. The number of carbonyl (C=O) groups excluding carboxylic acids is 2. The zero-order valence-electron chi connectivity index (χ0n) is 13.8. The minimum absolute atomic E-state index is 0.239. The molecule has 130 valence electrons. The quantitative estimate of drug-likeness (QED) is 0.658. The summed E-state index contributed by atoms with van der Waals surface area (Å²) in [5.74, 6) is 0.0824. The molecule has 3 rings (SSSR count). The number of amides is 2. The molecular formula is C19H16N4O2S. The Morgan fingerprint density at radius 2 is 1.81 bits per heavy atom. The van der Waals surface area contributed by atoms with Gasteiger partial charge in [0.05, 0.1) is 0 Å². The maximum atomic E-state index is 12.3. The van der Waals surface area contributed by atoms with Gasteiger partial charge < -0.3 is 5.32 Å². The van der Waals surface area contributed by atoms with E-state index < -0.39 is 0 Å². The second-order valence-electron chi connectivity index (χ2n) is 5.36. The Hall–Kier alpha value is -3.32. The highest BCUT2D eigenvalue weighted by Crippen LogP contribution is 2.21. The van der Waals surface area contributed by atoms with Crippen LogP contribution in [0.2, 0.25) is 0 Å². The summed E-state index contributed by atoms with van der Waals surface area (Å²) in [7, 11) is 0. The van der Waals surface area contributed by atoms with Crippen LogP contribution in [0.1, 0.15) is 15.9 Å². The van der Waals surface area contributed by atoms with Crippen LogP contribution in [0.15, 0.2) is 67.3 Å². The van der Waals surface area contributed by atoms with Crippen molar-refractivity contribution in [3.63, 3.8) is 0 Å². The Labute approximate surface area is 154 Å². The molecule has 7 heteroatoms. The first-order valence-corrected chi connectivity index (χ1v) is 8.63. The van der Waals surface area contributed by atoms with E-state index in [0.717, 1.165) is 22.7 Å². The third-order valence-corrected chi connectivity index (χ3v) is 4.18. The van der Waals surface area contributed by atoms with Crippen LogP contribution in [0.4, 0.5) is 5.13 Å². The SMILES string of the molecule is C=CC(=O)NCc1ccc(C(=O)Nc2nc(-c3ccccc3)ns2)cc1. The Kier molecular flexibility index (Phi) is 5.50. The lowest BCUT2D eigenvalue weighted by molar-refractivity contribution is -0.116. The lowest BCUT2D eigenvalue weighted by atomic mass is 10.1. The molecule has 0 fully saturated rings. The molecule has 3 aromatic rings. The molecule has 0 saturated heterocycles. The molecule has 0 aliphatic heterocycles. The molecule has 0 aliphatic rings. The predicted octanol–water partition coefficient (Wildman–Crippen LogP) is 3.26. The molecule has 6 nitrogen and oxygen atoms in total. The van der Waals surface area contributed by atoms with Gasteiger partial charge in [-0.1, -0.05) is 49.0 Å². The fraction of sp³-hybridized carbons (Fsp3) is 0.0526. The van der Waals surface area contributed by atoms with Crippen LogP contribution in [0, 0.1) is 0 Å². The van der Waals surface area contributed by atoms with Crippen molar-refractivity contribution in [2.45, 2.75) is 6.54 Å². The monoisotopic (exact) mass is 364 g/mol. The topological polar surface area (TPSA) is 84.0 Å². The summed E-state index contributed by atoms with van der Waals surface area (Å²) in [6, 6.07) is 16.5. The van der Waals surface area contributed by atoms with E-state index in [4.69, 9.17) is 0 Å². The number of rotatable bonds is 6. The van der Waals surface area contributed by atoms with E-state index in [1.54, 1.807) is 24.3 Å². The number of benzene rings is 2. The van der Waals surface area contributed by atoms with E-state index in [1.165, 1.54) is 6.08 Å². The Morgan fingerprint density at radius 1 is 1.08 bits per heavy atom. The second-order valence-corrected chi connectivity index (χ2v) is 6.11. The minimum Gasteiger partial charge on any atom is -0.348 e. The Bertz CT molecular complexity index is 920. The highest BCUT2D eigenvalue weighted by molar-refractivity contribution is 7.10. The number of carbonyl (C=O) groups is 2. The first kappa shape index (κ1) is 17.5. The van der Waals surface area contributed by atoms with Crippen molar-refractivity contribution < 1.29 is 9.59 Å². The van der Waals surface area contributed by atoms with Crippen LogP contribution in [0.25, 0.3) is 11.4 Å². The summed E-state index contributed by atoms with van der Waals surface area (Å²) in [6.07, 6.45) is 1.22.